The number of hydrogen-bond donors (Lipinski definition) is 2. The zero-order valence-corrected chi connectivity index (χ0v) is 16.5. The number of aromatic nitrogens is 4. The van der Waals surface area contributed by atoms with Crippen molar-refractivity contribution in [3.8, 4) is 0 Å². The summed E-state index contributed by atoms with van der Waals surface area (Å²) in [5.41, 5.74) is 1.23. The van der Waals surface area contributed by atoms with Crippen LogP contribution in [0, 0.1) is 11.3 Å². The lowest BCUT2D eigenvalue weighted by Crippen LogP contribution is -2.54. The molecule has 4 heterocycles. The highest BCUT2D eigenvalue weighted by molar-refractivity contribution is 6.01. The van der Waals surface area contributed by atoms with Gasteiger partial charge in [0.05, 0.1) is 10.9 Å². The molecular formula is C21H27N5O2. The fourth-order valence-corrected chi connectivity index (χ4v) is 5.34. The molecule has 1 aliphatic heterocycles. The smallest absolute Gasteiger partial charge is 0.329 e. The molecule has 1 saturated carbocycles. The second-order valence-corrected chi connectivity index (χ2v) is 9.40. The van der Waals surface area contributed by atoms with Gasteiger partial charge in [-0.15, -0.1) is 0 Å². The molecule has 1 aliphatic carbocycles. The van der Waals surface area contributed by atoms with Crippen LogP contribution < -0.4 is 11.2 Å². The van der Waals surface area contributed by atoms with Crippen molar-refractivity contribution in [3.63, 3.8) is 0 Å². The fraction of sp³-hybridized carbons (Fsp3) is 0.571. The molecule has 0 amide bonds. The van der Waals surface area contributed by atoms with Gasteiger partial charge in [-0.2, -0.15) is 0 Å². The van der Waals surface area contributed by atoms with Crippen LogP contribution in [0.3, 0.4) is 0 Å². The molecule has 148 valence electrons. The summed E-state index contributed by atoms with van der Waals surface area (Å²) < 4.78 is 1.82. The van der Waals surface area contributed by atoms with Gasteiger partial charge in [0.2, 0.25) is 0 Å². The highest BCUT2D eigenvalue weighted by Gasteiger charge is 2.36. The molecule has 5 rings (SSSR count). The number of hydrogen-bond acceptors (Lipinski definition) is 4. The predicted molar refractivity (Wildman–Crippen MR) is 110 cm³/mol. The van der Waals surface area contributed by atoms with Gasteiger partial charge in [0.15, 0.2) is 0 Å². The quantitative estimate of drug-likeness (QED) is 0.730. The zero-order chi connectivity index (χ0) is 19.5. The van der Waals surface area contributed by atoms with E-state index in [1.165, 1.54) is 19.6 Å². The van der Waals surface area contributed by atoms with Crippen molar-refractivity contribution in [1.82, 2.24) is 24.4 Å². The van der Waals surface area contributed by atoms with Crippen molar-refractivity contribution in [2.24, 2.45) is 11.3 Å². The maximum absolute atomic E-state index is 12.8. The van der Waals surface area contributed by atoms with Crippen molar-refractivity contribution < 1.29 is 0 Å². The van der Waals surface area contributed by atoms with Crippen LogP contribution in [0.15, 0.2) is 28.0 Å². The Kier molecular flexibility index (Phi) is 3.98. The Hall–Kier alpha value is -2.41. The van der Waals surface area contributed by atoms with E-state index in [4.69, 9.17) is 0 Å². The fourth-order valence-electron chi connectivity index (χ4n) is 5.34. The van der Waals surface area contributed by atoms with Gasteiger partial charge in [-0.3, -0.25) is 14.3 Å². The van der Waals surface area contributed by atoms with E-state index in [0.29, 0.717) is 27.9 Å². The molecule has 0 aromatic carbocycles. The van der Waals surface area contributed by atoms with Crippen molar-refractivity contribution in [3.05, 3.63) is 39.3 Å². The molecule has 0 bridgehead atoms. The van der Waals surface area contributed by atoms with Crippen LogP contribution >= 0.6 is 0 Å². The minimum absolute atomic E-state index is 0.122. The highest BCUT2D eigenvalue weighted by Crippen LogP contribution is 2.36. The lowest BCUT2D eigenvalue weighted by molar-refractivity contribution is 0.0117. The Morgan fingerprint density at radius 3 is 2.61 bits per heavy atom. The first-order valence-electron chi connectivity index (χ1n) is 10.2. The van der Waals surface area contributed by atoms with Crippen molar-refractivity contribution >= 4 is 21.9 Å². The minimum Gasteiger partial charge on any atom is -0.346 e. The SMILES string of the molecule is CC1(C)CN(C[C@H]2CC[C@H](n3c(=O)[nH]c(=O)c4cnc5[nH]ccc5c43)CC2)C1. The van der Waals surface area contributed by atoms with Gasteiger partial charge < -0.3 is 9.88 Å². The lowest BCUT2D eigenvalue weighted by Gasteiger charge is -2.48. The van der Waals surface area contributed by atoms with E-state index >= 15 is 0 Å². The maximum Gasteiger partial charge on any atom is 0.329 e. The Balaban J connectivity index is 1.43. The van der Waals surface area contributed by atoms with Crippen molar-refractivity contribution in [2.75, 3.05) is 19.6 Å². The molecule has 2 N–H and O–H groups in total. The van der Waals surface area contributed by atoms with Gasteiger partial charge in [0.1, 0.15) is 5.65 Å². The number of nitrogens with zero attached hydrogens (tertiary/aromatic N) is 3. The van der Waals surface area contributed by atoms with Gasteiger partial charge in [-0.25, -0.2) is 9.78 Å². The first-order chi connectivity index (χ1) is 13.4. The minimum atomic E-state index is -0.360. The average molecular weight is 381 g/mol. The third kappa shape index (κ3) is 2.89. The Labute approximate surface area is 162 Å². The zero-order valence-electron chi connectivity index (χ0n) is 16.5. The Morgan fingerprint density at radius 2 is 1.89 bits per heavy atom. The molecule has 0 atom stereocenters. The molecule has 1 saturated heterocycles. The summed E-state index contributed by atoms with van der Waals surface area (Å²) in [6.45, 7) is 8.20. The van der Waals surface area contributed by atoms with E-state index in [-0.39, 0.29) is 17.3 Å². The number of H-pyrrole nitrogens is 2. The first kappa shape index (κ1) is 17.7. The molecule has 2 fully saturated rings. The molecular weight excluding hydrogens is 354 g/mol. The lowest BCUT2D eigenvalue weighted by atomic mass is 9.81. The molecule has 2 aliphatic rings. The summed E-state index contributed by atoms with van der Waals surface area (Å²) in [6, 6.07) is 2.02. The van der Waals surface area contributed by atoms with Crippen LogP contribution in [0.5, 0.6) is 0 Å². The third-order valence-electron chi connectivity index (χ3n) is 6.48. The topological polar surface area (TPSA) is 86.8 Å². The van der Waals surface area contributed by atoms with E-state index in [2.05, 4.69) is 33.7 Å². The largest absolute Gasteiger partial charge is 0.346 e. The Bertz CT molecular complexity index is 1140. The number of nitrogens with one attached hydrogen (secondary N) is 2. The summed E-state index contributed by atoms with van der Waals surface area (Å²) >= 11 is 0. The van der Waals surface area contributed by atoms with Crippen LogP contribution in [0.4, 0.5) is 0 Å². The number of rotatable bonds is 3. The molecule has 0 unspecified atom stereocenters. The standard InChI is InChI=1S/C21H27N5O2/c1-21(2)11-25(12-21)10-13-3-5-14(6-4-13)26-17-15-7-8-22-18(15)23-9-16(17)19(27)24-20(26)28/h7-9,13-14H,3-6,10-12H2,1-2H3,(H,22,23)(H,24,27,28)/t13-,14-. The molecule has 3 aromatic rings. The van der Waals surface area contributed by atoms with Crippen LogP contribution in [-0.4, -0.2) is 44.1 Å². The Morgan fingerprint density at radius 1 is 1.14 bits per heavy atom. The third-order valence-corrected chi connectivity index (χ3v) is 6.48. The van der Waals surface area contributed by atoms with Gasteiger partial charge in [0, 0.05) is 43.5 Å². The van der Waals surface area contributed by atoms with Gasteiger partial charge in [0.25, 0.3) is 5.56 Å². The van der Waals surface area contributed by atoms with Crippen LogP contribution in [0.1, 0.15) is 45.6 Å². The number of pyridine rings is 1. The van der Waals surface area contributed by atoms with E-state index in [1.807, 2.05) is 10.6 Å². The van der Waals surface area contributed by atoms with Crippen LogP contribution in [0.25, 0.3) is 21.9 Å². The maximum atomic E-state index is 12.8. The second kappa shape index (κ2) is 6.30. The van der Waals surface area contributed by atoms with E-state index in [9.17, 15) is 9.59 Å². The van der Waals surface area contributed by atoms with E-state index in [0.717, 1.165) is 31.1 Å². The average Bonchev–Trinajstić information content (AvgIpc) is 3.10. The van der Waals surface area contributed by atoms with Gasteiger partial charge >= 0.3 is 5.69 Å². The summed E-state index contributed by atoms with van der Waals surface area (Å²) in [5, 5.41) is 1.32. The van der Waals surface area contributed by atoms with Crippen molar-refractivity contribution in [2.45, 2.75) is 45.6 Å². The van der Waals surface area contributed by atoms with E-state index < -0.39 is 0 Å². The van der Waals surface area contributed by atoms with Crippen molar-refractivity contribution in [1.29, 1.82) is 0 Å². The number of fused-ring (bicyclic) bond motifs is 3. The summed E-state index contributed by atoms with van der Waals surface area (Å²) in [5.74, 6) is 0.700. The monoisotopic (exact) mass is 381 g/mol. The first-order valence-corrected chi connectivity index (χ1v) is 10.2. The molecule has 7 nitrogen and oxygen atoms in total. The number of aromatic amines is 2. The van der Waals surface area contributed by atoms with E-state index in [1.54, 1.807) is 12.4 Å². The molecule has 7 heteroatoms. The normalized spacial score (nSPS) is 25.2. The highest BCUT2D eigenvalue weighted by atomic mass is 16.2. The van der Waals surface area contributed by atoms with Gasteiger partial charge in [-0.05, 0) is 43.1 Å². The van der Waals surface area contributed by atoms with Crippen LogP contribution in [-0.2, 0) is 0 Å². The second-order valence-electron chi connectivity index (χ2n) is 9.40. The number of likely N-dealkylation sites (tertiary alicyclic amines) is 1. The predicted octanol–water partition coefficient (Wildman–Crippen LogP) is 2.64. The molecule has 0 spiro atoms. The van der Waals surface area contributed by atoms with Crippen LogP contribution in [0.2, 0.25) is 0 Å². The molecule has 0 radical (unpaired) electrons. The van der Waals surface area contributed by atoms with Gasteiger partial charge in [-0.1, -0.05) is 13.8 Å². The molecule has 28 heavy (non-hydrogen) atoms. The molecule has 3 aromatic heterocycles. The summed E-state index contributed by atoms with van der Waals surface area (Å²) in [4.78, 5) is 37.6. The summed E-state index contributed by atoms with van der Waals surface area (Å²) in [7, 11) is 0. The summed E-state index contributed by atoms with van der Waals surface area (Å²) in [6.07, 6.45) is 7.55.